The molecular weight excluding hydrogens is 804 g/mol. The van der Waals surface area contributed by atoms with Crippen LogP contribution in [0.1, 0.15) is 41.5 Å². The van der Waals surface area contributed by atoms with Crippen molar-refractivity contribution >= 4 is 81.3 Å². The monoisotopic (exact) mass is 828 g/mol. The summed E-state index contributed by atoms with van der Waals surface area (Å²) >= 11 is 12.9. The first-order valence-corrected chi connectivity index (χ1v) is 15.1. The summed E-state index contributed by atoms with van der Waals surface area (Å²) in [6.45, 7) is 4.32. The minimum Gasteiger partial charge on any atom is -0.508 e. The average molecular weight is 832 g/mol. The molecule has 4 aromatic carbocycles. The Labute approximate surface area is 278 Å². The Morgan fingerprint density at radius 2 is 1.12 bits per heavy atom. The summed E-state index contributed by atoms with van der Waals surface area (Å²) in [5, 5.41) is 18.0. The molecule has 0 unspecified atom stereocenters. The van der Waals surface area contributed by atoms with Crippen molar-refractivity contribution in [2.75, 3.05) is 7.11 Å². The highest BCUT2D eigenvalue weighted by molar-refractivity contribution is 9.11. The molecule has 2 N–H and O–H groups in total. The van der Waals surface area contributed by atoms with Crippen LogP contribution in [-0.2, 0) is 4.79 Å². The zero-order valence-corrected chi connectivity index (χ0v) is 29.4. The molecule has 11 heteroatoms. The van der Waals surface area contributed by atoms with Gasteiger partial charge in [0.2, 0.25) is 0 Å². The van der Waals surface area contributed by atoms with E-state index in [4.69, 9.17) is 14.6 Å². The molecule has 0 heterocycles. The van der Waals surface area contributed by atoms with Gasteiger partial charge < -0.3 is 19.7 Å². The number of phenolic OH excluding ortho intramolecular Hbond substituents is 2. The summed E-state index contributed by atoms with van der Waals surface area (Å²) in [7, 11) is 1.55. The molecule has 0 saturated carbocycles. The van der Waals surface area contributed by atoms with Crippen LogP contribution in [0, 0.1) is 0 Å². The number of ketones is 2. The number of carbonyl (C=O) groups excluding carboxylic acids is 3. The maximum atomic E-state index is 11.0. The van der Waals surface area contributed by atoms with Crippen LogP contribution in [0.2, 0.25) is 0 Å². The highest BCUT2D eigenvalue weighted by Gasteiger charge is 2.07. The number of hydrogen-bond donors (Lipinski definition) is 2. The Hall–Kier alpha value is -2.99. The summed E-state index contributed by atoms with van der Waals surface area (Å²) in [5.74, 6) is 1.06. The fourth-order valence-electron chi connectivity index (χ4n) is 2.93. The smallest absolute Gasteiger partial charge is 0.308 e. The fourth-order valence-corrected chi connectivity index (χ4v) is 4.39. The molecule has 7 nitrogen and oxygen atoms in total. The van der Waals surface area contributed by atoms with Gasteiger partial charge in [-0.15, -0.1) is 0 Å². The molecule has 0 aliphatic carbocycles. The Bertz CT molecular complexity index is 1490. The molecule has 0 aliphatic heterocycles. The van der Waals surface area contributed by atoms with Crippen molar-refractivity contribution < 1.29 is 34.1 Å². The molecule has 0 spiro atoms. The number of ether oxygens (including phenoxy) is 2. The Morgan fingerprint density at radius 3 is 1.55 bits per heavy atom. The maximum Gasteiger partial charge on any atom is 0.308 e. The first-order valence-electron chi connectivity index (χ1n) is 12.0. The van der Waals surface area contributed by atoms with Crippen LogP contribution in [0.4, 0.5) is 0 Å². The zero-order valence-electron chi connectivity index (χ0n) is 23.0. The van der Waals surface area contributed by atoms with E-state index in [0.29, 0.717) is 28.4 Å². The molecule has 0 saturated heterocycles. The van der Waals surface area contributed by atoms with Crippen molar-refractivity contribution in [2.45, 2.75) is 20.8 Å². The van der Waals surface area contributed by atoms with E-state index in [1.165, 1.54) is 26.8 Å². The predicted octanol–water partition coefficient (Wildman–Crippen LogP) is 9.55. The van der Waals surface area contributed by atoms with Crippen LogP contribution in [0.5, 0.6) is 23.0 Å². The van der Waals surface area contributed by atoms with Gasteiger partial charge in [-0.05, 0) is 86.6 Å². The summed E-state index contributed by atoms with van der Waals surface area (Å²) in [4.78, 5) is 32.3. The molecule has 0 atom stereocenters. The van der Waals surface area contributed by atoms with Crippen molar-refractivity contribution in [3.63, 3.8) is 0 Å². The van der Waals surface area contributed by atoms with Crippen molar-refractivity contribution in [1.82, 2.24) is 0 Å². The number of halogens is 4. The SMILES string of the molecule is CC(=O)Oc1cccc(Br)c1.CC(=O)c1ccc(Br)cc1O.COc1cc(Br)ccc1C(C)=O.Oc1cccc(Br)c1. The van der Waals surface area contributed by atoms with Crippen molar-refractivity contribution in [3.8, 4) is 23.0 Å². The largest absolute Gasteiger partial charge is 0.508 e. The second kappa shape index (κ2) is 19.2. The summed E-state index contributed by atoms with van der Waals surface area (Å²) < 4.78 is 13.3. The Kier molecular flexibility index (Phi) is 17.0. The molecule has 0 fully saturated rings. The average Bonchev–Trinajstić information content (AvgIpc) is 2.89. The van der Waals surface area contributed by atoms with Gasteiger partial charge in [-0.1, -0.05) is 75.9 Å². The van der Waals surface area contributed by atoms with E-state index in [-0.39, 0.29) is 23.3 Å². The van der Waals surface area contributed by atoms with Crippen LogP contribution < -0.4 is 9.47 Å². The van der Waals surface area contributed by atoms with Crippen molar-refractivity contribution in [3.05, 3.63) is 114 Å². The van der Waals surface area contributed by atoms with Gasteiger partial charge >= 0.3 is 5.97 Å². The number of Topliss-reactive ketones (excluding diaryl/α,β-unsaturated/α-hetero) is 2. The standard InChI is InChI=1S/C9H9BrO2.2C8H7BrO2.C6H5BrO/c1-6(11)8-4-3-7(10)5-9(8)12-2;1-5(10)7-3-2-6(9)4-8(7)11;1-6(10)11-8-4-2-3-7(9)5-8;7-5-2-1-3-6(8)4-5/h3-5H,1-2H3;2-4,11H,1H3;2-5H,1H3;1-4,8H. The summed E-state index contributed by atoms with van der Waals surface area (Å²) in [6.07, 6.45) is 0. The van der Waals surface area contributed by atoms with Crippen molar-refractivity contribution in [1.29, 1.82) is 0 Å². The normalized spacial score (nSPS) is 9.43. The Morgan fingerprint density at radius 1 is 0.619 bits per heavy atom. The molecule has 222 valence electrons. The molecule has 0 aromatic heterocycles. The van der Waals surface area contributed by atoms with Crippen LogP contribution in [0.3, 0.4) is 0 Å². The molecule has 0 bridgehead atoms. The number of hydrogen-bond acceptors (Lipinski definition) is 7. The lowest BCUT2D eigenvalue weighted by Crippen LogP contribution is -2.00. The Balaban J connectivity index is 0.000000282. The van der Waals surface area contributed by atoms with Crippen molar-refractivity contribution in [2.24, 2.45) is 0 Å². The second-order valence-electron chi connectivity index (χ2n) is 8.15. The number of phenols is 2. The van der Waals surface area contributed by atoms with Gasteiger partial charge in [-0.25, -0.2) is 0 Å². The first kappa shape index (κ1) is 37.0. The van der Waals surface area contributed by atoms with E-state index in [1.807, 2.05) is 24.3 Å². The lowest BCUT2D eigenvalue weighted by Gasteiger charge is -2.04. The number of methoxy groups -OCH3 is 1. The first-order chi connectivity index (χ1) is 19.7. The van der Waals surface area contributed by atoms with Crippen LogP contribution in [0.25, 0.3) is 0 Å². The third-order valence-corrected chi connectivity index (χ3v) is 6.72. The van der Waals surface area contributed by atoms with Gasteiger partial charge in [0.25, 0.3) is 0 Å². The minimum absolute atomic E-state index is 0.0133. The molecule has 0 aliphatic rings. The number of carbonyl (C=O) groups is 3. The van der Waals surface area contributed by atoms with Gasteiger partial charge in [-0.2, -0.15) is 0 Å². The van der Waals surface area contributed by atoms with Gasteiger partial charge in [0, 0.05) is 24.8 Å². The highest BCUT2D eigenvalue weighted by atomic mass is 79.9. The van der Waals surface area contributed by atoms with Gasteiger partial charge in [0.15, 0.2) is 11.6 Å². The highest BCUT2D eigenvalue weighted by Crippen LogP contribution is 2.24. The fraction of sp³-hybridized carbons (Fsp3) is 0.129. The van der Waals surface area contributed by atoms with E-state index >= 15 is 0 Å². The van der Waals surface area contributed by atoms with E-state index in [9.17, 15) is 19.5 Å². The molecule has 4 aromatic rings. The van der Waals surface area contributed by atoms with E-state index in [1.54, 1.807) is 61.7 Å². The van der Waals surface area contributed by atoms with Gasteiger partial charge in [0.05, 0.1) is 18.2 Å². The number of rotatable bonds is 4. The van der Waals surface area contributed by atoms with E-state index in [0.717, 1.165) is 17.9 Å². The number of benzene rings is 4. The lowest BCUT2D eigenvalue weighted by atomic mass is 10.1. The molecule has 4 rings (SSSR count). The van der Waals surface area contributed by atoms with Crippen LogP contribution in [-0.4, -0.2) is 34.9 Å². The predicted molar refractivity (Wildman–Crippen MR) is 178 cm³/mol. The van der Waals surface area contributed by atoms with Crippen LogP contribution in [0.15, 0.2) is 103 Å². The number of esters is 1. The molecule has 0 radical (unpaired) electrons. The molecule has 0 amide bonds. The lowest BCUT2D eigenvalue weighted by molar-refractivity contribution is -0.131. The zero-order chi connectivity index (χ0) is 31.8. The molecule has 42 heavy (non-hydrogen) atoms. The van der Waals surface area contributed by atoms with Crippen LogP contribution >= 0.6 is 63.7 Å². The second-order valence-corrected chi connectivity index (χ2v) is 11.8. The third kappa shape index (κ3) is 14.8. The maximum absolute atomic E-state index is 11.0. The quantitative estimate of drug-likeness (QED) is 0.120. The minimum atomic E-state index is -0.303. The number of aromatic hydroxyl groups is 2. The topological polar surface area (TPSA) is 110 Å². The molecular formula is C31H28Br4O7. The summed E-state index contributed by atoms with van der Waals surface area (Å²) in [5.41, 5.74) is 0.967. The van der Waals surface area contributed by atoms with Gasteiger partial charge in [0.1, 0.15) is 23.0 Å². The summed E-state index contributed by atoms with van der Waals surface area (Å²) in [6, 6.07) is 24.2. The van der Waals surface area contributed by atoms with Gasteiger partial charge in [-0.3, -0.25) is 14.4 Å². The van der Waals surface area contributed by atoms with E-state index < -0.39 is 0 Å². The third-order valence-electron chi connectivity index (χ3n) is 4.75. The van der Waals surface area contributed by atoms with E-state index in [2.05, 4.69) is 63.7 Å².